The minimum atomic E-state index is -0.769. The molecule has 0 aliphatic carbocycles. The average molecular weight is 1110 g/mol. The average Bonchev–Trinajstić information content (AvgIpc) is 3.45. The van der Waals surface area contributed by atoms with Gasteiger partial charge < -0.3 is 14.2 Å². The van der Waals surface area contributed by atoms with Gasteiger partial charge in [0.1, 0.15) is 13.2 Å². The minimum Gasteiger partial charge on any atom is -0.462 e. The summed E-state index contributed by atoms with van der Waals surface area (Å²) in [4.78, 5) is 38.3. The van der Waals surface area contributed by atoms with E-state index in [4.69, 9.17) is 14.2 Å². The standard InChI is InChI=1S/C73H140O6/c1-4-7-10-13-16-19-22-24-26-28-30-32-33-34-35-36-37-38-39-40-42-43-45-47-49-51-54-57-60-63-66-72(75)78-69-70(68-77-71(74)65-62-59-56-53-21-18-15-12-9-6-3)79-73(76)67-64-61-58-55-52-50-48-46-44-41-31-29-27-25-23-20-17-14-11-8-5-2/h12,15,70H,4-11,13-14,16-69H2,1-3H3/b15-12-. The van der Waals surface area contributed by atoms with Gasteiger partial charge in [-0.1, -0.05) is 373 Å². The van der Waals surface area contributed by atoms with Crippen LogP contribution in [0.5, 0.6) is 0 Å². The monoisotopic (exact) mass is 1110 g/mol. The van der Waals surface area contributed by atoms with Gasteiger partial charge >= 0.3 is 17.9 Å². The van der Waals surface area contributed by atoms with Crippen LogP contribution in [0.25, 0.3) is 0 Å². The van der Waals surface area contributed by atoms with Crippen LogP contribution in [0.2, 0.25) is 0 Å². The third kappa shape index (κ3) is 66.8. The molecule has 468 valence electrons. The van der Waals surface area contributed by atoms with Crippen molar-refractivity contribution in [3.63, 3.8) is 0 Å². The molecule has 0 bridgehead atoms. The SMILES string of the molecule is CCC/C=C\CCCCCCCC(=O)OCC(COC(=O)CCCCCCCCCCCCCCCCCCCCCCCCCCCCCCCC)OC(=O)CCCCCCCCCCCCCCCCCCCCCCC. The van der Waals surface area contributed by atoms with Crippen molar-refractivity contribution in [2.75, 3.05) is 13.2 Å². The summed E-state index contributed by atoms with van der Waals surface area (Å²) in [5.41, 5.74) is 0. The molecule has 0 aromatic heterocycles. The molecule has 1 unspecified atom stereocenters. The first-order valence-electron chi connectivity index (χ1n) is 36.2. The molecule has 79 heavy (non-hydrogen) atoms. The Morgan fingerprint density at radius 2 is 0.443 bits per heavy atom. The van der Waals surface area contributed by atoms with Gasteiger partial charge in [-0.25, -0.2) is 0 Å². The second-order valence-corrected chi connectivity index (χ2v) is 24.9. The van der Waals surface area contributed by atoms with Crippen molar-refractivity contribution in [2.24, 2.45) is 0 Å². The summed E-state index contributed by atoms with van der Waals surface area (Å²) in [7, 11) is 0. The molecule has 0 N–H and O–H groups in total. The maximum Gasteiger partial charge on any atom is 0.306 e. The highest BCUT2D eigenvalue weighted by Gasteiger charge is 2.19. The maximum atomic E-state index is 12.9. The summed E-state index contributed by atoms with van der Waals surface area (Å²) < 4.78 is 17.0. The molecule has 0 saturated heterocycles. The van der Waals surface area contributed by atoms with E-state index in [1.54, 1.807) is 0 Å². The zero-order valence-electron chi connectivity index (χ0n) is 53.9. The number of esters is 3. The fourth-order valence-corrected chi connectivity index (χ4v) is 11.3. The van der Waals surface area contributed by atoms with Gasteiger partial charge in [-0.2, -0.15) is 0 Å². The first-order valence-corrected chi connectivity index (χ1v) is 36.2. The lowest BCUT2D eigenvalue weighted by Crippen LogP contribution is -2.30. The number of carbonyl (C=O) groups is 3. The van der Waals surface area contributed by atoms with Crippen molar-refractivity contribution in [3.05, 3.63) is 12.2 Å². The Morgan fingerprint density at radius 3 is 0.684 bits per heavy atom. The number of ether oxygens (including phenoxy) is 3. The highest BCUT2D eigenvalue weighted by Crippen LogP contribution is 2.20. The van der Waals surface area contributed by atoms with Gasteiger partial charge in [-0.3, -0.25) is 14.4 Å². The smallest absolute Gasteiger partial charge is 0.306 e. The summed E-state index contributed by atoms with van der Waals surface area (Å²) >= 11 is 0. The molecule has 0 radical (unpaired) electrons. The van der Waals surface area contributed by atoms with Crippen LogP contribution in [0.3, 0.4) is 0 Å². The summed E-state index contributed by atoms with van der Waals surface area (Å²) in [5.74, 6) is -0.844. The molecular weight excluding hydrogens is 973 g/mol. The van der Waals surface area contributed by atoms with E-state index in [-0.39, 0.29) is 31.1 Å². The predicted molar refractivity (Wildman–Crippen MR) is 344 cm³/mol. The number of allylic oxidation sites excluding steroid dienone is 2. The molecule has 6 heteroatoms. The van der Waals surface area contributed by atoms with Crippen molar-refractivity contribution in [2.45, 2.75) is 425 Å². The van der Waals surface area contributed by atoms with E-state index in [0.29, 0.717) is 19.3 Å². The molecule has 0 aromatic rings. The van der Waals surface area contributed by atoms with Crippen LogP contribution in [0.4, 0.5) is 0 Å². The van der Waals surface area contributed by atoms with Crippen molar-refractivity contribution in [3.8, 4) is 0 Å². The van der Waals surface area contributed by atoms with Crippen LogP contribution in [0.15, 0.2) is 12.2 Å². The third-order valence-corrected chi connectivity index (χ3v) is 16.8. The third-order valence-electron chi connectivity index (χ3n) is 16.8. The molecule has 0 fully saturated rings. The fourth-order valence-electron chi connectivity index (χ4n) is 11.3. The number of hydrogen-bond donors (Lipinski definition) is 0. The van der Waals surface area contributed by atoms with Gasteiger partial charge in [0.2, 0.25) is 0 Å². The van der Waals surface area contributed by atoms with E-state index in [2.05, 4.69) is 32.9 Å². The van der Waals surface area contributed by atoms with E-state index in [0.717, 1.165) is 70.6 Å². The first-order chi connectivity index (χ1) is 39.0. The normalized spacial score (nSPS) is 12.0. The Balaban J connectivity index is 4.06. The van der Waals surface area contributed by atoms with Crippen LogP contribution in [-0.2, 0) is 28.6 Å². The summed E-state index contributed by atoms with van der Waals surface area (Å²) in [6.07, 6.45) is 82.7. The Bertz CT molecular complexity index is 1230. The second-order valence-electron chi connectivity index (χ2n) is 24.9. The summed E-state index contributed by atoms with van der Waals surface area (Å²) in [6, 6.07) is 0. The Hall–Kier alpha value is -1.85. The van der Waals surface area contributed by atoms with Crippen LogP contribution in [-0.4, -0.2) is 37.2 Å². The molecule has 6 nitrogen and oxygen atoms in total. The highest BCUT2D eigenvalue weighted by molar-refractivity contribution is 5.71. The maximum absolute atomic E-state index is 12.9. The Kier molecular flexibility index (Phi) is 67.0. The zero-order chi connectivity index (χ0) is 57.1. The van der Waals surface area contributed by atoms with Gasteiger partial charge in [0, 0.05) is 19.3 Å². The topological polar surface area (TPSA) is 78.9 Å². The number of hydrogen-bond acceptors (Lipinski definition) is 6. The lowest BCUT2D eigenvalue weighted by atomic mass is 10.0. The van der Waals surface area contributed by atoms with Crippen molar-refractivity contribution >= 4 is 17.9 Å². The molecule has 0 heterocycles. The molecule has 1 atom stereocenters. The molecule has 0 amide bonds. The predicted octanol–water partition coefficient (Wildman–Crippen LogP) is 24.8. The molecular formula is C73H140O6. The van der Waals surface area contributed by atoms with Crippen LogP contribution in [0, 0.1) is 0 Å². The second kappa shape index (κ2) is 68.6. The molecule has 0 saturated carbocycles. The first kappa shape index (κ1) is 77.2. The number of rotatable bonds is 68. The van der Waals surface area contributed by atoms with E-state index in [1.165, 1.54) is 308 Å². The van der Waals surface area contributed by atoms with E-state index < -0.39 is 6.10 Å². The van der Waals surface area contributed by atoms with Crippen molar-refractivity contribution in [1.29, 1.82) is 0 Å². The lowest BCUT2D eigenvalue weighted by molar-refractivity contribution is -0.167. The number of unbranched alkanes of at least 4 members (excludes halogenated alkanes) is 55. The largest absolute Gasteiger partial charge is 0.462 e. The molecule has 0 aromatic carbocycles. The molecule has 0 aliphatic rings. The summed E-state index contributed by atoms with van der Waals surface area (Å²) in [5, 5.41) is 0. The van der Waals surface area contributed by atoms with Gasteiger partial charge in [0.25, 0.3) is 0 Å². The van der Waals surface area contributed by atoms with Gasteiger partial charge in [0.15, 0.2) is 6.10 Å². The number of carbonyl (C=O) groups excluding carboxylic acids is 3. The van der Waals surface area contributed by atoms with Crippen molar-refractivity contribution in [1.82, 2.24) is 0 Å². The quantitative estimate of drug-likeness (QED) is 0.0261. The van der Waals surface area contributed by atoms with Gasteiger partial charge in [-0.05, 0) is 38.5 Å². The molecule has 0 spiro atoms. The van der Waals surface area contributed by atoms with Crippen LogP contribution < -0.4 is 0 Å². The molecule has 0 aliphatic heterocycles. The van der Waals surface area contributed by atoms with Crippen molar-refractivity contribution < 1.29 is 28.6 Å². The van der Waals surface area contributed by atoms with Gasteiger partial charge in [0.05, 0.1) is 0 Å². The van der Waals surface area contributed by atoms with E-state index in [9.17, 15) is 14.4 Å². The van der Waals surface area contributed by atoms with Gasteiger partial charge in [-0.15, -0.1) is 0 Å². The molecule has 0 rings (SSSR count). The van der Waals surface area contributed by atoms with Crippen LogP contribution >= 0.6 is 0 Å². The fraction of sp³-hybridized carbons (Fsp3) is 0.932. The Labute approximate surface area is 494 Å². The minimum absolute atomic E-state index is 0.0660. The Morgan fingerprint density at radius 1 is 0.241 bits per heavy atom. The summed E-state index contributed by atoms with van der Waals surface area (Å²) in [6.45, 7) is 6.66. The zero-order valence-corrected chi connectivity index (χ0v) is 53.9. The van der Waals surface area contributed by atoms with E-state index >= 15 is 0 Å². The highest BCUT2D eigenvalue weighted by atomic mass is 16.6. The van der Waals surface area contributed by atoms with E-state index in [1.807, 2.05) is 0 Å². The lowest BCUT2D eigenvalue weighted by Gasteiger charge is -2.18. The van der Waals surface area contributed by atoms with Crippen LogP contribution in [0.1, 0.15) is 419 Å².